The quantitative estimate of drug-likeness (QED) is 0.792. The SMILES string of the molecule is CNc1cnc(CN2CC(CO)OCC2C)cn1. The number of rotatable bonds is 4. The van der Waals surface area contributed by atoms with Gasteiger partial charge in [-0.15, -0.1) is 0 Å². The van der Waals surface area contributed by atoms with Crippen molar-refractivity contribution in [2.45, 2.75) is 25.6 Å². The molecule has 18 heavy (non-hydrogen) atoms. The minimum absolute atomic E-state index is 0.0631. The molecule has 1 aliphatic heterocycles. The lowest BCUT2D eigenvalue weighted by molar-refractivity contribution is -0.0808. The number of hydrogen-bond donors (Lipinski definition) is 2. The van der Waals surface area contributed by atoms with Gasteiger partial charge in [0, 0.05) is 26.2 Å². The summed E-state index contributed by atoms with van der Waals surface area (Å²) in [6.07, 6.45) is 3.41. The summed E-state index contributed by atoms with van der Waals surface area (Å²) in [5.74, 6) is 0.766. The molecule has 0 amide bonds. The summed E-state index contributed by atoms with van der Waals surface area (Å²) in [6, 6.07) is 0.332. The van der Waals surface area contributed by atoms with Gasteiger partial charge in [0.15, 0.2) is 0 Å². The van der Waals surface area contributed by atoms with E-state index in [0.717, 1.165) is 24.6 Å². The monoisotopic (exact) mass is 252 g/mol. The first-order valence-electron chi connectivity index (χ1n) is 6.18. The average Bonchev–Trinajstić information content (AvgIpc) is 2.42. The molecular weight excluding hydrogens is 232 g/mol. The van der Waals surface area contributed by atoms with Gasteiger partial charge in [0.2, 0.25) is 0 Å². The predicted octanol–water partition coefficient (Wildman–Crippen LogP) is 0.0999. The number of anilines is 1. The Morgan fingerprint density at radius 3 is 2.94 bits per heavy atom. The van der Waals surface area contributed by atoms with Crippen molar-refractivity contribution in [1.82, 2.24) is 14.9 Å². The van der Waals surface area contributed by atoms with Crippen molar-refractivity contribution in [3.05, 3.63) is 18.1 Å². The largest absolute Gasteiger partial charge is 0.394 e. The zero-order valence-corrected chi connectivity index (χ0v) is 10.8. The molecular formula is C12H20N4O2. The molecule has 1 aliphatic rings. The van der Waals surface area contributed by atoms with Crippen molar-refractivity contribution < 1.29 is 9.84 Å². The second-order valence-corrected chi connectivity index (χ2v) is 4.56. The van der Waals surface area contributed by atoms with Gasteiger partial charge in [0.05, 0.1) is 37.4 Å². The Balaban J connectivity index is 1.97. The number of ether oxygens (including phenoxy) is 1. The van der Waals surface area contributed by atoms with Gasteiger partial charge < -0.3 is 15.2 Å². The fourth-order valence-corrected chi connectivity index (χ4v) is 1.98. The minimum atomic E-state index is -0.0919. The summed E-state index contributed by atoms with van der Waals surface area (Å²) < 4.78 is 5.51. The lowest BCUT2D eigenvalue weighted by Gasteiger charge is -2.37. The molecule has 0 aliphatic carbocycles. The maximum atomic E-state index is 9.14. The molecule has 6 nitrogen and oxygen atoms in total. The van der Waals surface area contributed by atoms with Crippen LogP contribution in [0.15, 0.2) is 12.4 Å². The number of aliphatic hydroxyl groups excluding tert-OH is 1. The number of aromatic nitrogens is 2. The van der Waals surface area contributed by atoms with E-state index in [4.69, 9.17) is 9.84 Å². The topological polar surface area (TPSA) is 70.5 Å². The summed E-state index contributed by atoms with van der Waals surface area (Å²) in [7, 11) is 1.82. The molecule has 0 radical (unpaired) electrons. The van der Waals surface area contributed by atoms with Gasteiger partial charge in [-0.3, -0.25) is 9.88 Å². The van der Waals surface area contributed by atoms with Gasteiger partial charge in [-0.2, -0.15) is 0 Å². The van der Waals surface area contributed by atoms with Crippen molar-refractivity contribution in [2.24, 2.45) is 0 Å². The van der Waals surface area contributed by atoms with Crippen LogP contribution >= 0.6 is 0 Å². The zero-order chi connectivity index (χ0) is 13.0. The first-order valence-corrected chi connectivity index (χ1v) is 6.18. The van der Waals surface area contributed by atoms with Gasteiger partial charge in [0.1, 0.15) is 5.82 Å². The van der Waals surface area contributed by atoms with Crippen LogP contribution in [0.3, 0.4) is 0 Å². The van der Waals surface area contributed by atoms with Crippen molar-refractivity contribution >= 4 is 5.82 Å². The molecule has 0 aromatic carbocycles. The van der Waals surface area contributed by atoms with Crippen LogP contribution in [-0.2, 0) is 11.3 Å². The van der Waals surface area contributed by atoms with Crippen LogP contribution in [0.1, 0.15) is 12.6 Å². The number of nitrogens with zero attached hydrogens (tertiary/aromatic N) is 3. The van der Waals surface area contributed by atoms with Crippen molar-refractivity contribution in [3.63, 3.8) is 0 Å². The molecule has 1 aromatic heterocycles. The van der Waals surface area contributed by atoms with Crippen LogP contribution in [-0.4, -0.2) is 58.9 Å². The number of nitrogens with one attached hydrogen (secondary N) is 1. The normalized spacial score (nSPS) is 25.1. The molecule has 100 valence electrons. The van der Waals surface area contributed by atoms with Gasteiger partial charge >= 0.3 is 0 Å². The van der Waals surface area contributed by atoms with Crippen LogP contribution in [0.5, 0.6) is 0 Å². The van der Waals surface area contributed by atoms with E-state index < -0.39 is 0 Å². The molecule has 2 rings (SSSR count). The van der Waals surface area contributed by atoms with E-state index in [9.17, 15) is 0 Å². The molecule has 2 N–H and O–H groups in total. The van der Waals surface area contributed by atoms with Crippen LogP contribution in [0.25, 0.3) is 0 Å². The Morgan fingerprint density at radius 2 is 2.33 bits per heavy atom. The molecule has 2 unspecified atom stereocenters. The lowest BCUT2D eigenvalue weighted by Crippen LogP contribution is -2.48. The first kappa shape index (κ1) is 13.2. The Hall–Kier alpha value is -1.24. The molecule has 2 heterocycles. The third-order valence-corrected chi connectivity index (χ3v) is 3.16. The molecule has 0 saturated carbocycles. The molecule has 6 heteroatoms. The minimum Gasteiger partial charge on any atom is -0.394 e. The molecule has 1 saturated heterocycles. The average molecular weight is 252 g/mol. The predicted molar refractivity (Wildman–Crippen MR) is 68.3 cm³/mol. The molecule has 1 fully saturated rings. The van der Waals surface area contributed by atoms with Crippen LogP contribution in [0.2, 0.25) is 0 Å². The zero-order valence-electron chi connectivity index (χ0n) is 10.8. The first-order chi connectivity index (χ1) is 8.72. The number of morpholine rings is 1. The maximum Gasteiger partial charge on any atom is 0.144 e. The van der Waals surface area contributed by atoms with Crippen LogP contribution in [0.4, 0.5) is 5.82 Å². The highest BCUT2D eigenvalue weighted by Crippen LogP contribution is 2.14. The highest BCUT2D eigenvalue weighted by Gasteiger charge is 2.25. The maximum absolute atomic E-state index is 9.14. The highest BCUT2D eigenvalue weighted by molar-refractivity contribution is 5.29. The Morgan fingerprint density at radius 1 is 1.50 bits per heavy atom. The summed E-state index contributed by atoms with van der Waals surface area (Å²) in [6.45, 7) is 4.29. The summed E-state index contributed by atoms with van der Waals surface area (Å²) in [5, 5.41) is 12.1. The Kier molecular flexibility index (Phi) is 4.46. The smallest absolute Gasteiger partial charge is 0.144 e. The third-order valence-electron chi connectivity index (χ3n) is 3.16. The van der Waals surface area contributed by atoms with Crippen LogP contribution in [0, 0.1) is 0 Å². The Labute approximate surface area is 107 Å². The molecule has 0 bridgehead atoms. The number of hydrogen-bond acceptors (Lipinski definition) is 6. The standard InChI is InChI=1S/C12H20N4O2/c1-9-8-18-11(7-17)6-16(9)5-10-3-15-12(13-2)4-14-10/h3-4,9,11,17H,5-8H2,1-2H3,(H,13,15). The van der Waals surface area contributed by atoms with Gasteiger partial charge in [-0.05, 0) is 6.92 Å². The fraction of sp³-hybridized carbons (Fsp3) is 0.667. The van der Waals surface area contributed by atoms with Crippen LogP contribution < -0.4 is 5.32 Å². The van der Waals surface area contributed by atoms with E-state index >= 15 is 0 Å². The summed E-state index contributed by atoms with van der Waals surface area (Å²) in [4.78, 5) is 10.9. The van der Waals surface area contributed by atoms with E-state index in [-0.39, 0.29) is 12.7 Å². The second kappa shape index (κ2) is 6.08. The Bertz CT molecular complexity index is 371. The van der Waals surface area contributed by atoms with Gasteiger partial charge in [-0.1, -0.05) is 0 Å². The van der Waals surface area contributed by atoms with E-state index in [0.29, 0.717) is 12.6 Å². The molecule has 2 atom stereocenters. The van der Waals surface area contributed by atoms with Gasteiger partial charge in [0.25, 0.3) is 0 Å². The lowest BCUT2D eigenvalue weighted by atomic mass is 10.2. The highest BCUT2D eigenvalue weighted by atomic mass is 16.5. The fourth-order valence-electron chi connectivity index (χ4n) is 1.98. The molecule has 0 spiro atoms. The summed E-state index contributed by atoms with van der Waals surface area (Å²) in [5.41, 5.74) is 0.930. The van der Waals surface area contributed by atoms with E-state index in [1.165, 1.54) is 0 Å². The van der Waals surface area contributed by atoms with Crippen molar-refractivity contribution in [1.29, 1.82) is 0 Å². The van der Waals surface area contributed by atoms with E-state index in [1.807, 2.05) is 7.05 Å². The second-order valence-electron chi connectivity index (χ2n) is 4.56. The van der Waals surface area contributed by atoms with Gasteiger partial charge in [-0.25, -0.2) is 4.98 Å². The number of aliphatic hydroxyl groups is 1. The summed E-state index contributed by atoms with van der Waals surface area (Å²) >= 11 is 0. The third kappa shape index (κ3) is 3.16. The molecule has 1 aromatic rings. The van der Waals surface area contributed by atoms with E-state index in [2.05, 4.69) is 27.1 Å². The van der Waals surface area contributed by atoms with Crippen molar-refractivity contribution in [2.75, 3.05) is 32.1 Å². The van der Waals surface area contributed by atoms with E-state index in [1.54, 1.807) is 12.4 Å². The van der Waals surface area contributed by atoms with Crippen molar-refractivity contribution in [3.8, 4) is 0 Å².